The molecule has 1 heterocycles. The Morgan fingerprint density at radius 3 is 3.08 bits per heavy atom. The Hall–Kier alpha value is -1.03. The zero-order valence-electron chi connectivity index (χ0n) is 7.05. The van der Waals surface area contributed by atoms with Gasteiger partial charge in [0.2, 0.25) is 0 Å². The molecule has 0 bridgehead atoms. The van der Waals surface area contributed by atoms with Crippen LogP contribution in [-0.4, -0.2) is 19.0 Å². The van der Waals surface area contributed by atoms with Gasteiger partial charge in [-0.05, 0) is 18.2 Å². The van der Waals surface area contributed by atoms with Crippen molar-refractivity contribution < 1.29 is 0 Å². The molecule has 68 valence electrons. The molecule has 0 saturated heterocycles. The largest absolute Gasteiger partial charge is 0.354 e. The van der Waals surface area contributed by atoms with Crippen molar-refractivity contribution in [2.75, 3.05) is 18.4 Å². The van der Waals surface area contributed by atoms with E-state index in [-0.39, 0.29) is 0 Å². The molecule has 2 N–H and O–H groups in total. The van der Waals surface area contributed by atoms with Gasteiger partial charge in [0.25, 0.3) is 0 Å². The summed E-state index contributed by atoms with van der Waals surface area (Å²) in [5.74, 6) is 0.859. The van der Waals surface area contributed by atoms with Crippen LogP contribution in [0.15, 0.2) is 33.7 Å². The monoisotopic (exact) mass is 239 g/mol. The lowest BCUT2D eigenvalue weighted by molar-refractivity contribution is 0.959. The summed E-state index contributed by atoms with van der Waals surface area (Å²) < 4.78 is 1.07. The number of anilines is 1. The zero-order valence-corrected chi connectivity index (χ0v) is 8.63. The Bertz CT molecular complexity index is 335. The maximum absolute atomic E-state index is 4.24. The number of aliphatic imine (C=N–C) groups is 1. The molecule has 0 unspecified atom stereocenters. The maximum atomic E-state index is 4.24. The van der Waals surface area contributed by atoms with E-state index in [1.807, 2.05) is 24.3 Å². The van der Waals surface area contributed by atoms with Crippen molar-refractivity contribution in [1.29, 1.82) is 0 Å². The number of nitrogens with one attached hydrogen (secondary N) is 2. The highest BCUT2D eigenvalue weighted by atomic mass is 79.9. The Kier molecular flexibility index (Phi) is 2.49. The van der Waals surface area contributed by atoms with Crippen LogP contribution in [0.2, 0.25) is 0 Å². The van der Waals surface area contributed by atoms with Gasteiger partial charge in [0.05, 0.1) is 6.54 Å². The van der Waals surface area contributed by atoms with Crippen molar-refractivity contribution in [1.82, 2.24) is 5.32 Å². The predicted octanol–water partition coefficient (Wildman–Crippen LogP) is 1.82. The molecule has 0 aliphatic carbocycles. The van der Waals surface area contributed by atoms with Crippen LogP contribution >= 0.6 is 15.9 Å². The first kappa shape index (κ1) is 8.56. The van der Waals surface area contributed by atoms with Crippen LogP contribution < -0.4 is 10.6 Å². The first-order valence-corrected chi connectivity index (χ1v) is 4.95. The van der Waals surface area contributed by atoms with E-state index < -0.39 is 0 Å². The summed E-state index contributed by atoms with van der Waals surface area (Å²) >= 11 is 3.41. The van der Waals surface area contributed by atoms with E-state index in [1.165, 1.54) is 0 Å². The number of halogens is 1. The number of guanidine groups is 1. The lowest BCUT2D eigenvalue weighted by Crippen LogP contribution is -2.26. The molecule has 1 aromatic rings. The molecule has 0 aromatic heterocycles. The average Bonchev–Trinajstić information content (AvgIpc) is 2.57. The van der Waals surface area contributed by atoms with Crippen molar-refractivity contribution in [2.45, 2.75) is 0 Å². The first-order chi connectivity index (χ1) is 6.34. The Morgan fingerprint density at radius 1 is 1.46 bits per heavy atom. The fraction of sp³-hybridized carbons (Fsp3) is 0.222. The number of hydrogen-bond donors (Lipinski definition) is 2. The van der Waals surface area contributed by atoms with Gasteiger partial charge in [-0.1, -0.05) is 22.0 Å². The van der Waals surface area contributed by atoms with Crippen LogP contribution in [0.3, 0.4) is 0 Å². The summed E-state index contributed by atoms with van der Waals surface area (Å²) in [5.41, 5.74) is 1.04. The molecule has 0 atom stereocenters. The van der Waals surface area contributed by atoms with Gasteiger partial charge in [-0.25, -0.2) is 0 Å². The second-order valence-corrected chi connectivity index (χ2v) is 3.71. The molecule has 13 heavy (non-hydrogen) atoms. The summed E-state index contributed by atoms with van der Waals surface area (Å²) in [4.78, 5) is 4.24. The van der Waals surface area contributed by atoms with Gasteiger partial charge in [0.15, 0.2) is 5.96 Å². The predicted molar refractivity (Wildman–Crippen MR) is 58.1 cm³/mol. The van der Waals surface area contributed by atoms with Gasteiger partial charge in [-0.2, -0.15) is 0 Å². The third kappa shape index (κ3) is 2.21. The highest BCUT2D eigenvalue weighted by Gasteiger charge is 2.03. The van der Waals surface area contributed by atoms with Crippen molar-refractivity contribution >= 4 is 27.6 Å². The average molecular weight is 240 g/mol. The van der Waals surface area contributed by atoms with E-state index in [0.717, 1.165) is 29.2 Å². The van der Waals surface area contributed by atoms with Crippen molar-refractivity contribution in [2.24, 2.45) is 4.99 Å². The molecule has 4 heteroatoms. The molecule has 0 fully saturated rings. The normalized spacial score (nSPS) is 15.0. The van der Waals surface area contributed by atoms with Gasteiger partial charge >= 0.3 is 0 Å². The van der Waals surface area contributed by atoms with Crippen LogP contribution in [0.4, 0.5) is 5.69 Å². The van der Waals surface area contributed by atoms with Crippen LogP contribution in [0, 0.1) is 0 Å². The standard InChI is InChI=1S/C9H10BrN3/c10-7-2-1-3-8(6-7)13-9-11-4-5-12-9/h1-3,6H,4-5H2,(H2,11,12,13). The molecule has 3 nitrogen and oxygen atoms in total. The first-order valence-electron chi connectivity index (χ1n) is 4.15. The number of nitrogens with zero attached hydrogens (tertiary/aromatic N) is 1. The molecular weight excluding hydrogens is 230 g/mol. The Morgan fingerprint density at radius 2 is 2.38 bits per heavy atom. The summed E-state index contributed by atoms with van der Waals surface area (Å²) in [6.07, 6.45) is 0. The minimum atomic E-state index is 0.857. The quantitative estimate of drug-likeness (QED) is 0.785. The molecule has 1 aliphatic rings. The second kappa shape index (κ2) is 3.79. The summed E-state index contributed by atoms with van der Waals surface area (Å²) in [7, 11) is 0. The highest BCUT2D eigenvalue weighted by Crippen LogP contribution is 2.15. The van der Waals surface area contributed by atoms with Gasteiger partial charge in [-0.15, -0.1) is 0 Å². The van der Waals surface area contributed by atoms with Crippen LogP contribution in [0.1, 0.15) is 0 Å². The number of hydrogen-bond acceptors (Lipinski definition) is 3. The molecule has 0 amide bonds. The van der Waals surface area contributed by atoms with Gasteiger partial charge in [0, 0.05) is 16.7 Å². The summed E-state index contributed by atoms with van der Waals surface area (Å²) in [6.45, 7) is 1.78. The molecule has 1 aromatic carbocycles. The zero-order chi connectivity index (χ0) is 9.10. The number of rotatable bonds is 1. The van der Waals surface area contributed by atoms with Crippen molar-refractivity contribution in [3.05, 3.63) is 28.7 Å². The van der Waals surface area contributed by atoms with E-state index in [4.69, 9.17) is 0 Å². The molecular formula is C9H10BrN3. The smallest absolute Gasteiger partial charge is 0.195 e. The van der Waals surface area contributed by atoms with Crippen LogP contribution in [0.25, 0.3) is 0 Å². The van der Waals surface area contributed by atoms with E-state index in [9.17, 15) is 0 Å². The van der Waals surface area contributed by atoms with E-state index in [2.05, 4.69) is 31.6 Å². The SMILES string of the molecule is Brc1cccc(NC2=NCCN2)c1. The molecule has 0 radical (unpaired) electrons. The molecule has 0 saturated carbocycles. The Balaban J connectivity index is 2.09. The van der Waals surface area contributed by atoms with Crippen LogP contribution in [0.5, 0.6) is 0 Å². The number of benzene rings is 1. The minimum absolute atomic E-state index is 0.857. The third-order valence-corrected chi connectivity index (χ3v) is 2.25. The Labute approximate surface area is 85.4 Å². The highest BCUT2D eigenvalue weighted by molar-refractivity contribution is 9.10. The van der Waals surface area contributed by atoms with Crippen molar-refractivity contribution in [3.63, 3.8) is 0 Å². The van der Waals surface area contributed by atoms with E-state index in [1.54, 1.807) is 0 Å². The molecule has 2 rings (SSSR count). The maximum Gasteiger partial charge on any atom is 0.195 e. The summed E-state index contributed by atoms with van der Waals surface area (Å²) in [6, 6.07) is 8.01. The second-order valence-electron chi connectivity index (χ2n) is 2.79. The van der Waals surface area contributed by atoms with E-state index >= 15 is 0 Å². The fourth-order valence-electron chi connectivity index (χ4n) is 1.18. The van der Waals surface area contributed by atoms with Gasteiger partial charge in [0.1, 0.15) is 0 Å². The topological polar surface area (TPSA) is 36.4 Å². The van der Waals surface area contributed by atoms with Gasteiger partial charge in [-0.3, -0.25) is 4.99 Å². The fourth-order valence-corrected chi connectivity index (χ4v) is 1.58. The van der Waals surface area contributed by atoms with Gasteiger partial charge < -0.3 is 10.6 Å². The third-order valence-electron chi connectivity index (χ3n) is 1.76. The van der Waals surface area contributed by atoms with E-state index in [0.29, 0.717) is 0 Å². The lowest BCUT2D eigenvalue weighted by Gasteiger charge is -2.05. The molecule has 1 aliphatic heterocycles. The van der Waals surface area contributed by atoms with Crippen LogP contribution in [-0.2, 0) is 0 Å². The molecule has 0 spiro atoms. The minimum Gasteiger partial charge on any atom is -0.354 e. The summed E-state index contributed by atoms with van der Waals surface area (Å²) in [5, 5.41) is 6.34. The van der Waals surface area contributed by atoms with Crippen molar-refractivity contribution in [3.8, 4) is 0 Å². The lowest BCUT2D eigenvalue weighted by atomic mass is 10.3.